The highest BCUT2D eigenvalue weighted by atomic mass is 79.9. The van der Waals surface area contributed by atoms with E-state index in [9.17, 15) is 0 Å². The Morgan fingerprint density at radius 1 is 1.33 bits per heavy atom. The number of hydrogen-bond acceptors (Lipinski definition) is 2. The highest BCUT2D eigenvalue weighted by Gasteiger charge is 2.23. The van der Waals surface area contributed by atoms with Crippen LogP contribution in [0.5, 0.6) is 0 Å². The Labute approximate surface area is 119 Å². The van der Waals surface area contributed by atoms with Gasteiger partial charge in [-0.05, 0) is 50.0 Å². The molecule has 1 N–H and O–H groups in total. The SMILES string of the molecule is CCCNCC1CCCN1Cc1ccc(Br)cc1. The lowest BCUT2D eigenvalue weighted by Crippen LogP contribution is -2.37. The molecular formula is C15H23BrN2. The van der Waals surface area contributed by atoms with Gasteiger partial charge in [0, 0.05) is 23.6 Å². The molecule has 0 saturated carbocycles. The summed E-state index contributed by atoms with van der Waals surface area (Å²) < 4.78 is 1.16. The Bertz CT molecular complexity index is 350. The molecule has 2 rings (SSSR count). The number of rotatable bonds is 6. The lowest BCUT2D eigenvalue weighted by Gasteiger charge is -2.24. The topological polar surface area (TPSA) is 15.3 Å². The molecule has 1 aromatic rings. The fourth-order valence-electron chi connectivity index (χ4n) is 2.60. The second-order valence-electron chi connectivity index (χ2n) is 5.10. The van der Waals surface area contributed by atoms with Crippen LogP contribution in [0, 0.1) is 0 Å². The largest absolute Gasteiger partial charge is 0.315 e. The summed E-state index contributed by atoms with van der Waals surface area (Å²) in [5.41, 5.74) is 1.42. The smallest absolute Gasteiger partial charge is 0.0237 e. The van der Waals surface area contributed by atoms with Crippen molar-refractivity contribution in [3.63, 3.8) is 0 Å². The molecule has 0 bridgehead atoms. The molecule has 100 valence electrons. The maximum absolute atomic E-state index is 3.55. The molecule has 1 saturated heterocycles. The monoisotopic (exact) mass is 310 g/mol. The van der Waals surface area contributed by atoms with Crippen molar-refractivity contribution in [1.82, 2.24) is 10.2 Å². The van der Waals surface area contributed by atoms with E-state index in [0.717, 1.165) is 30.1 Å². The van der Waals surface area contributed by atoms with E-state index in [1.165, 1.54) is 31.4 Å². The van der Waals surface area contributed by atoms with E-state index in [1.54, 1.807) is 0 Å². The first-order chi connectivity index (χ1) is 8.79. The van der Waals surface area contributed by atoms with Crippen LogP contribution in [0.2, 0.25) is 0 Å². The normalized spacial score (nSPS) is 20.4. The lowest BCUT2D eigenvalue weighted by molar-refractivity contribution is 0.239. The van der Waals surface area contributed by atoms with Gasteiger partial charge in [0.05, 0.1) is 0 Å². The first-order valence-corrected chi connectivity index (χ1v) is 7.78. The third kappa shape index (κ3) is 4.08. The molecule has 1 unspecified atom stereocenters. The van der Waals surface area contributed by atoms with Crippen LogP contribution in [0.4, 0.5) is 0 Å². The first kappa shape index (κ1) is 14.0. The molecule has 1 aromatic carbocycles. The Morgan fingerprint density at radius 3 is 2.83 bits per heavy atom. The van der Waals surface area contributed by atoms with E-state index in [1.807, 2.05) is 0 Å². The Hall–Kier alpha value is -0.380. The fraction of sp³-hybridized carbons (Fsp3) is 0.600. The molecule has 1 atom stereocenters. The van der Waals surface area contributed by atoms with Crippen molar-refractivity contribution in [1.29, 1.82) is 0 Å². The van der Waals surface area contributed by atoms with Crippen molar-refractivity contribution < 1.29 is 0 Å². The Morgan fingerprint density at radius 2 is 2.11 bits per heavy atom. The van der Waals surface area contributed by atoms with E-state index in [2.05, 4.69) is 57.3 Å². The van der Waals surface area contributed by atoms with Crippen LogP contribution in [-0.4, -0.2) is 30.6 Å². The molecule has 2 nitrogen and oxygen atoms in total. The quantitative estimate of drug-likeness (QED) is 0.810. The van der Waals surface area contributed by atoms with Crippen LogP contribution in [0.15, 0.2) is 28.7 Å². The van der Waals surface area contributed by atoms with E-state index < -0.39 is 0 Å². The minimum absolute atomic E-state index is 0.722. The molecule has 1 heterocycles. The zero-order valence-electron chi connectivity index (χ0n) is 11.2. The van der Waals surface area contributed by atoms with Gasteiger partial charge in [0.1, 0.15) is 0 Å². The van der Waals surface area contributed by atoms with Gasteiger partial charge >= 0.3 is 0 Å². The number of nitrogens with zero attached hydrogens (tertiary/aromatic N) is 1. The van der Waals surface area contributed by atoms with Crippen LogP contribution in [0.25, 0.3) is 0 Å². The predicted molar refractivity (Wildman–Crippen MR) is 80.7 cm³/mol. The molecule has 18 heavy (non-hydrogen) atoms. The second kappa shape index (κ2) is 7.27. The van der Waals surface area contributed by atoms with Crippen LogP contribution in [0.3, 0.4) is 0 Å². The second-order valence-corrected chi connectivity index (χ2v) is 6.01. The zero-order chi connectivity index (χ0) is 12.8. The van der Waals surface area contributed by atoms with Crippen LogP contribution < -0.4 is 5.32 Å². The van der Waals surface area contributed by atoms with Crippen molar-refractivity contribution in [3.8, 4) is 0 Å². The average molecular weight is 311 g/mol. The molecule has 3 heteroatoms. The number of benzene rings is 1. The van der Waals surface area contributed by atoms with Crippen molar-refractivity contribution in [3.05, 3.63) is 34.3 Å². The summed E-state index contributed by atoms with van der Waals surface area (Å²) in [5.74, 6) is 0. The molecular weight excluding hydrogens is 288 g/mol. The Kier molecular flexibility index (Phi) is 5.67. The van der Waals surface area contributed by atoms with Crippen molar-refractivity contribution in [2.75, 3.05) is 19.6 Å². The molecule has 0 radical (unpaired) electrons. The lowest BCUT2D eigenvalue weighted by atomic mass is 10.2. The van der Waals surface area contributed by atoms with Gasteiger partial charge in [0.2, 0.25) is 0 Å². The summed E-state index contributed by atoms with van der Waals surface area (Å²) in [5, 5.41) is 3.55. The van der Waals surface area contributed by atoms with Gasteiger partial charge < -0.3 is 5.32 Å². The molecule has 1 fully saturated rings. The van der Waals surface area contributed by atoms with E-state index in [0.29, 0.717) is 0 Å². The summed E-state index contributed by atoms with van der Waals surface area (Å²) in [6, 6.07) is 9.43. The summed E-state index contributed by atoms with van der Waals surface area (Å²) >= 11 is 3.49. The minimum Gasteiger partial charge on any atom is -0.315 e. The number of halogens is 1. The summed E-state index contributed by atoms with van der Waals surface area (Å²) in [6.45, 7) is 6.84. The first-order valence-electron chi connectivity index (χ1n) is 6.99. The van der Waals surface area contributed by atoms with Gasteiger partial charge in [-0.15, -0.1) is 0 Å². The zero-order valence-corrected chi connectivity index (χ0v) is 12.7. The van der Waals surface area contributed by atoms with Gasteiger partial charge in [0.15, 0.2) is 0 Å². The maximum Gasteiger partial charge on any atom is 0.0237 e. The summed E-state index contributed by atoms with van der Waals surface area (Å²) in [6.07, 6.45) is 3.90. The molecule has 1 aliphatic heterocycles. The molecule has 0 amide bonds. The van der Waals surface area contributed by atoms with Gasteiger partial charge in [-0.3, -0.25) is 4.90 Å². The molecule has 0 aliphatic carbocycles. The molecule has 1 aliphatic rings. The van der Waals surface area contributed by atoms with Gasteiger partial charge in [0.25, 0.3) is 0 Å². The fourth-order valence-corrected chi connectivity index (χ4v) is 2.87. The van der Waals surface area contributed by atoms with E-state index in [-0.39, 0.29) is 0 Å². The number of likely N-dealkylation sites (tertiary alicyclic amines) is 1. The van der Waals surface area contributed by atoms with Gasteiger partial charge in [-0.25, -0.2) is 0 Å². The standard InChI is InChI=1S/C15H23BrN2/c1-2-9-17-11-15-4-3-10-18(15)12-13-5-7-14(16)8-6-13/h5-8,15,17H,2-4,9-12H2,1H3. The highest BCUT2D eigenvalue weighted by molar-refractivity contribution is 9.10. The van der Waals surface area contributed by atoms with Crippen LogP contribution in [0.1, 0.15) is 31.7 Å². The number of hydrogen-bond donors (Lipinski definition) is 1. The van der Waals surface area contributed by atoms with E-state index >= 15 is 0 Å². The highest BCUT2D eigenvalue weighted by Crippen LogP contribution is 2.20. The maximum atomic E-state index is 3.55. The van der Waals surface area contributed by atoms with E-state index in [4.69, 9.17) is 0 Å². The average Bonchev–Trinajstić information content (AvgIpc) is 2.80. The minimum atomic E-state index is 0.722. The van der Waals surface area contributed by atoms with Gasteiger partial charge in [-0.1, -0.05) is 35.0 Å². The third-order valence-electron chi connectivity index (χ3n) is 3.60. The van der Waals surface area contributed by atoms with Crippen molar-refractivity contribution in [2.24, 2.45) is 0 Å². The summed E-state index contributed by atoms with van der Waals surface area (Å²) in [4.78, 5) is 2.62. The van der Waals surface area contributed by atoms with Crippen LogP contribution in [-0.2, 0) is 6.54 Å². The summed E-state index contributed by atoms with van der Waals surface area (Å²) in [7, 11) is 0. The van der Waals surface area contributed by atoms with Crippen molar-refractivity contribution in [2.45, 2.75) is 38.8 Å². The number of nitrogens with one attached hydrogen (secondary N) is 1. The Balaban J connectivity index is 1.85. The van der Waals surface area contributed by atoms with Crippen molar-refractivity contribution >= 4 is 15.9 Å². The third-order valence-corrected chi connectivity index (χ3v) is 4.13. The van der Waals surface area contributed by atoms with Gasteiger partial charge in [-0.2, -0.15) is 0 Å². The molecule has 0 aromatic heterocycles. The molecule has 0 spiro atoms. The predicted octanol–water partition coefficient (Wildman–Crippen LogP) is 3.41. The van der Waals surface area contributed by atoms with Crippen LogP contribution >= 0.6 is 15.9 Å².